The van der Waals surface area contributed by atoms with E-state index in [0.29, 0.717) is 0 Å². The van der Waals surface area contributed by atoms with Crippen molar-refractivity contribution >= 4 is 0 Å². The van der Waals surface area contributed by atoms with Crippen molar-refractivity contribution in [3.63, 3.8) is 0 Å². The molecule has 0 amide bonds. The van der Waals surface area contributed by atoms with Crippen LogP contribution < -0.4 is 0 Å². The van der Waals surface area contributed by atoms with E-state index in [0.717, 1.165) is 0 Å². The summed E-state index contributed by atoms with van der Waals surface area (Å²) in [5, 5.41) is 0. The van der Waals surface area contributed by atoms with Crippen molar-refractivity contribution in [2.45, 2.75) is 51.4 Å². The van der Waals surface area contributed by atoms with E-state index in [2.05, 4.69) is 19.6 Å². The minimum absolute atomic E-state index is 1.17. The molecule has 0 bridgehead atoms. The minimum atomic E-state index is 1.17. The maximum absolute atomic E-state index is 3.71. The van der Waals surface area contributed by atoms with Gasteiger partial charge in [0.1, 0.15) is 0 Å². The fourth-order valence-electron chi connectivity index (χ4n) is 1.30. The van der Waals surface area contributed by atoms with Crippen molar-refractivity contribution in [2.75, 3.05) is 0 Å². The summed E-state index contributed by atoms with van der Waals surface area (Å²) in [6.07, 6.45) is 16.6. The number of allylic oxidation sites excluding steroid dienone is 2. The lowest BCUT2D eigenvalue weighted by Gasteiger charge is -1.99. The first-order valence-corrected chi connectivity index (χ1v) is 5.45. The van der Waals surface area contributed by atoms with E-state index in [1.165, 1.54) is 51.4 Å². The van der Waals surface area contributed by atoms with Gasteiger partial charge in [-0.2, -0.15) is 0 Å². The molecule has 0 heterocycles. The van der Waals surface area contributed by atoms with Gasteiger partial charge in [-0.25, -0.2) is 0 Å². The highest BCUT2D eigenvalue weighted by atomic mass is 14.0. The molecule has 0 N–H and O–H groups in total. The van der Waals surface area contributed by atoms with Crippen LogP contribution in [0.2, 0.25) is 0 Å². The number of hydrogen-bond donors (Lipinski definition) is 0. The first-order valence-electron chi connectivity index (χ1n) is 5.45. The molecule has 0 aromatic rings. The summed E-state index contributed by atoms with van der Waals surface area (Å²) in [7, 11) is 0. The first-order chi connectivity index (χ1) is 6.41. The molecule has 0 unspecified atom stereocenters. The van der Waals surface area contributed by atoms with Gasteiger partial charge < -0.3 is 0 Å². The zero-order chi connectivity index (χ0) is 9.78. The zero-order valence-corrected chi connectivity index (χ0v) is 8.80. The van der Waals surface area contributed by atoms with Gasteiger partial charge in [-0.3, -0.25) is 0 Å². The highest BCUT2D eigenvalue weighted by molar-refractivity contribution is 4.70. The normalized spacial score (nSPS) is 9.85. The standard InChI is InChI=1S/C13H23/c1-3-5-7-9-11-13-12-10-8-6-4-2/h3-4,13H,1-2,5-12H2. The molecule has 0 aliphatic carbocycles. The lowest BCUT2D eigenvalue weighted by molar-refractivity contribution is 0.675. The van der Waals surface area contributed by atoms with Crippen molar-refractivity contribution in [1.29, 1.82) is 0 Å². The summed E-state index contributed by atoms with van der Waals surface area (Å²) >= 11 is 0. The third-order valence-electron chi connectivity index (χ3n) is 2.13. The molecule has 0 fully saturated rings. The van der Waals surface area contributed by atoms with E-state index in [9.17, 15) is 0 Å². The maximum Gasteiger partial charge on any atom is -0.0353 e. The second-order valence-corrected chi connectivity index (χ2v) is 3.43. The van der Waals surface area contributed by atoms with E-state index in [4.69, 9.17) is 0 Å². The summed E-state index contributed by atoms with van der Waals surface area (Å²) in [5.74, 6) is 0. The van der Waals surface area contributed by atoms with Gasteiger partial charge >= 0.3 is 0 Å². The monoisotopic (exact) mass is 179 g/mol. The van der Waals surface area contributed by atoms with E-state index in [1.807, 2.05) is 12.2 Å². The van der Waals surface area contributed by atoms with Gasteiger partial charge in [-0.15, -0.1) is 13.2 Å². The van der Waals surface area contributed by atoms with Crippen molar-refractivity contribution in [3.05, 3.63) is 31.7 Å². The summed E-state index contributed by atoms with van der Waals surface area (Å²) in [6.45, 7) is 7.42. The highest BCUT2D eigenvalue weighted by Gasteiger charge is 1.90. The van der Waals surface area contributed by atoms with Crippen LogP contribution in [0.5, 0.6) is 0 Å². The molecule has 0 saturated heterocycles. The number of unbranched alkanes of at least 4 members (excludes halogenated alkanes) is 8. The Bertz CT molecular complexity index is 99.2. The van der Waals surface area contributed by atoms with Crippen molar-refractivity contribution in [2.24, 2.45) is 0 Å². The molecule has 0 saturated carbocycles. The van der Waals surface area contributed by atoms with Gasteiger partial charge in [-0.1, -0.05) is 37.8 Å². The lowest BCUT2D eigenvalue weighted by Crippen LogP contribution is -1.80. The average Bonchev–Trinajstić information content (AvgIpc) is 2.16. The van der Waals surface area contributed by atoms with Crippen molar-refractivity contribution < 1.29 is 0 Å². The lowest BCUT2D eigenvalue weighted by atomic mass is 10.1. The zero-order valence-electron chi connectivity index (χ0n) is 8.80. The maximum atomic E-state index is 3.71. The molecule has 0 aliphatic heterocycles. The molecule has 0 atom stereocenters. The molecular weight excluding hydrogens is 156 g/mol. The molecule has 0 rings (SSSR count). The average molecular weight is 179 g/mol. The summed E-state index contributed by atoms with van der Waals surface area (Å²) < 4.78 is 0. The van der Waals surface area contributed by atoms with Crippen LogP contribution in [0.4, 0.5) is 0 Å². The van der Waals surface area contributed by atoms with Crippen LogP contribution in [0.25, 0.3) is 0 Å². The van der Waals surface area contributed by atoms with E-state index in [1.54, 1.807) is 0 Å². The van der Waals surface area contributed by atoms with Crippen LogP contribution in [0.15, 0.2) is 25.3 Å². The highest BCUT2D eigenvalue weighted by Crippen LogP contribution is 2.08. The first kappa shape index (κ1) is 12.5. The van der Waals surface area contributed by atoms with Gasteiger partial charge in [0, 0.05) is 0 Å². The molecule has 0 spiro atoms. The quantitative estimate of drug-likeness (QED) is 0.337. The summed E-state index contributed by atoms with van der Waals surface area (Å²) in [5.41, 5.74) is 0. The van der Waals surface area contributed by atoms with Gasteiger partial charge in [0.25, 0.3) is 0 Å². The Labute approximate surface area is 83.7 Å². The van der Waals surface area contributed by atoms with E-state index in [-0.39, 0.29) is 0 Å². The molecule has 0 heteroatoms. The molecule has 0 nitrogen and oxygen atoms in total. The van der Waals surface area contributed by atoms with Crippen molar-refractivity contribution in [1.82, 2.24) is 0 Å². The molecule has 0 aromatic heterocycles. The van der Waals surface area contributed by atoms with Crippen LogP contribution in [-0.2, 0) is 0 Å². The second kappa shape index (κ2) is 11.5. The Morgan fingerprint density at radius 1 is 0.615 bits per heavy atom. The number of rotatable bonds is 10. The number of hydrogen-bond acceptors (Lipinski definition) is 0. The Balaban J connectivity index is 2.83. The Kier molecular flexibility index (Phi) is 11.0. The Morgan fingerprint density at radius 3 is 1.38 bits per heavy atom. The molecule has 0 aromatic carbocycles. The predicted octanol–water partition coefficient (Wildman–Crippen LogP) is 4.68. The smallest absolute Gasteiger partial charge is 0.0353 e. The fraction of sp³-hybridized carbons (Fsp3) is 0.615. The summed E-state index contributed by atoms with van der Waals surface area (Å²) in [6, 6.07) is 0. The van der Waals surface area contributed by atoms with Crippen LogP contribution in [0.1, 0.15) is 51.4 Å². The Morgan fingerprint density at radius 2 is 1.00 bits per heavy atom. The molecule has 0 aliphatic rings. The van der Waals surface area contributed by atoms with Gasteiger partial charge in [0.2, 0.25) is 0 Å². The van der Waals surface area contributed by atoms with E-state index < -0.39 is 0 Å². The van der Waals surface area contributed by atoms with Crippen LogP contribution in [-0.4, -0.2) is 0 Å². The Hall–Kier alpha value is -0.520. The topological polar surface area (TPSA) is 0 Å². The second-order valence-electron chi connectivity index (χ2n) is 3.43. The summed E-state index contributed by atoms with van der Waals surface area (Å²) in [4.78, 5) is 0. The third-order valence-corrected chi connectivity index (χ3v) is 2.13. The van der Waals surface area contributed by atoms with Crippen LogP contribution >= 0.6 is 0 Å². The molecular formula is C13H23. The molecule has 13 heavy (non-hydrogen) atoms. The molecule has 1 radical (unpaired) electrons. The third kappa shape index (κ3) is 11.5. The van der Waals surface area contributed by atoms with Gasteiger partial charge in [0.05, 0.1) is 0 Å². The van der Waals surface area contributed by atoms with Crippen molar-refractivity contribution in [3.8, 4) is 0 Å². The van der Waals surface area contributed by atoms with Crippen LogP contribution in [0.3, 0.4) is 0 Å². The largest absolute Gasteiger partial charge is 0.103 e. The van der Waals surface area contributed by atoms with Gasteiger partial charge in [-0.05, 0) is 32.1 Å². The van der Waals surface area contributed by atoms with E-state index >= 15 is 0 Å². The van der Waals surface area contributed by atoms with Gasteiger partial charge in [0.15, 0.2) is 0 Å². The molecule has 75 valence electrons. The van der Waals surface area contributed by atoms with Crippen LogP contribution in [0, 0.1) is 6.42 Å². The fourth-order valence-corrected chi connectivity index (χ4v) is 1.30. The SMILES string of the molecule is C=CCCCC[CH]CCCCC=C. The predicted molar refractivity (Wildman–Crippen MR) is 61.6 cm³/mol. The minimum Gasteiger partial charge on any atom is -0.103 e.